The fourth-order valence-corrected chi connectivity index (χ4v) is 1.90. The Labute approximate surface area is 118 Å². The van der Waals surface area contributed by atoms with Crippen LogP contribution < -0.4 is 16.6 Å². The molecule has 4 N–H and O–H groups in total. The van der Waals surface area contributed by atoms with Gasteiger partial charge in [0.05, 0.1) is 12.1 Å². The van der Waals surface area contributed by atoms with Gasteiger partial charge in [0, 0.05) is 10.7 Å². The van der Waals surface area contributed by atoms with Crippen molar-refractivity contribution in [3.63, 3.8) is 0 Å². The Morgan fingerprint density at radius 2 is 2.32 bits per heavy atom. The van der Waals surface area contributed by atoms with Gasteiger partial charge in [0.2, 0.25) is 0 Å². The summed E-state index contributed by atoms with van der Waals surface area (Å²) in [6.07, 6.45) is 1.56. The van der Waals surface area contributed by atoms with Crippen LogP contribution >= 0.6 is 15.9 Å². The number of carbonyl (C=O) groups excluding carboxylic acids is 1. The molecular formula is C12H13BrN4O2. The molecule has 0 saturated heterocycles. The maximum atomic E-state index is 12.0. The molecular weight excluding hydrogens is 312 g/mol. The van der Waals surface area contributed by atoms with Crippen molar-refractivity contribution >= 4 is 27.7 Å². The van der Waals surface area contributed by atoms with Crippen LogP contribution in [0.3, 0.4) is 0 Å². The predicted molar refractivity (Wildman–Crippen MR) is 74.4 cm³/mol. The second-order valence-corrected chi connectivity index (χ2v) is 4.80. The number of hydrogen-bond acceptors (Lipinski definition) is 5. The number of hydrogen-bond donors (Lipinski definition) is 3. The predicted octanol–water partition coefficient (Wildman–Crippen LogP) is 1.96. The third kappa shape index (κ3) is 3.33. The molecule has 2 rings (SSSR count). The summed E-state index contributed by atoms with van der Waals surface area (Å²) in [5.74, 6) is 6.85. The van der Waals surface area contributed by atoms with Crippen LogP contribution in [0.5, 0.6) is 0 Å². The van der Waals surface area contributed by atoms with Gasteiger partial charge in [-0.3, -0.25) is 4.79 Å². The van der Waals surface area contributed by atoms with E-state index >= 15 is 0 Å². The fourth-order valence-electron chi connectivity index (χ4n) is 1.57. The number of halogens is 1. The second kappa shape index (κ2) is 5.85. The summed E-state index contributed by atoms with van der Waals surface area (Å²) in [6, 6.07) is 5.30. The van der Waals surface area contributed by atoms with Crippen molar-refractivity contribution in [3.8, 4) is 0 Å². The van der Waals surface area contributed by atoms with Crippen LogP contribution in [0.1, 0.15) is 21.9 Å². The molecule has 7 heteroatoms. The third-order valence-corrected chi connectivity index (χ3v) is 2.89. The van der Waals surface area contributed by atoms with Crippen LogP contribution in [-0.4, -0.2) is 10.9 Å². The van der Waals surface area contributed by atoms with Gasteiger partial charge in [0.1, 0.15) is 11.5 Å². The molecule has 0 radical (unpaired) electrons. The zero-order valence-corrected chi connectivity index (χ0v) is 11.8. The first kappa shape index (κ1) is 13.6. The standard InChI is InChI=1S/C12H13BrN4O2/c1-7-2-3-9(19-7)6-16-12(18)10-4-8(13)5-15-11(10)17-14/h2-5H,6,14H2,1H3,(H,15,17)(H,16,18). The minimum atomic E-state index is -0.282. The van der Waals surface area contributed by atoms with E-state index in [0.717, 1.165) is 5.76 Å². The van der Waals surface area contributed by atoms with Gasteiger partial charge in [0.25, 0.3) is 5.91 Å². The molecule has 2 heterocycles. The lowest BCUT2D eigenvalue weighted by molar-refractivity contribution is 0.0948. The molecule has 0 fully saturated rings. The van der Waals surface area contributed by atoms with Gasteiger partial charge in [0.15, 0.2) is 5.82 Å². The molecule has 100 valence electrons. The third-order valence-electron chi connectivity index (χ3n) is 2.45. The Bertz CT molecular complexity index is 597. The first-order chi connectivity index (χ1) is 9.10. The number of nitrogens with two attached hydrogens (primary N) is 1. The number of anilines is 1. The number of amides is 1. The van der Waals surface area contributed by atoms with Crippen molar-refractivity contribution in [3.05, 3.63) is 46.0 Å². The maximum Gasteiger partial charge on any atom is 0.255 e. The number of rotatable bonds is 4. The van der Waals surface area contributed by atoms with Gasteiger partial charge in [-0.1, -0.05) is 0 Å². The van der Waals surface area contributed by atoms with E-state index in [9.17, 15) is 4.79 Å². The van der Waals surface area contributed by atoms with Gasteiger partial charge in [-0.05, 0) is 41.1 Å². The lowest BCUT2D eigenvalue weighted by Gasteiger charge is -2.08. The molecule has 19 heavy (non-hydrogen) atoms. The fraction of sp³-hybridized carbons (Fsp3) is 0.167. The van der Waals surface area contributed by atoms with Crippen LogP contribution in [0.15, 0.2) is 33.3 Å². The van der Waals surface area contributed by atoms with Crippen LogP contribution in [0, 0.1) is 6.92 Å². The average molecular weight is 325 g/mol. The highest BCUT2D eigenvalue weighted by atomic mass is 79.9. The van der Waals surface area contributed by atoms with Crippen molar-refractivity contribution < 1.29 is 9.21 Å². The number of carbonyl (C=O) groups is 1. The maximum absolute atomic E-state index is 12.0. The van der Waals surface area contributed by atoms with Gasteiger partial charge in [-0.15, -0.1) is 0 Å². The molecule has 2 aromatic heterocycles. The van der Waals surface area contributed by atoms with E-state index in [1.165, 1.54) is 0 Å². The van der Waals surface area contributed by atoms with E-state index in [1.807, 2.05) is 19.1 Å². The molecule has 0 aromatic carbocycles. The van der Waals surface area contributed by atoms with E-state index in [2.05, 4.69) is 31.7 Å². The Hall–Kier alpha value is -1.86. The Kier molecular flexibility index (Phi) is 4.18. The lowest BCUT2D eigenvalue weighted by atomic mass is 10.2. The molecule has 1 amide bonds. The normalized spacial score (nSPS) is 10.3. The summed E-state index contributed by atoms with van der Waals surface area (Å²) >= 11 is 3.26. The molecule has 2 aromatic rings. The van der Waals surface area contributed by atoms with Crippen LogP contribution in [0.4, 0.5) is 5.82 Å². The summed E-state index contributed by atoms with van der Waals surface area (Å²) < 4.78 is 6.07. The number of nitrogens with zero attached hydrogens (tertiary/aromatic N) is 1. The molecule has 0 atom stereocenters. The number of nitrogen functional groups attached to an aromatic ring is 1. The molecule has 0 bridgehead atoms. The van der Waals surface area contributed by atoms with Crippen molar-refractivity contribution in [2.45, 2.75) is 13.5 Å². The minimum Gasteiger partial charge on any atom is -0.465 e. The first-order valence-corrected chi connectivity index (χ1v) is 6.35. The smallest absolute Gasteiger partial charge is 0.255 e. The van der Waals surface area contributed by atoms with E-state index in [4.69, 9.17) is 10.3 Å². The van der Waals surface area contributed by atoms with E-state index in [1.54, 1.807) is 12.3 Å². The molecule has 6 nitrogen and oxygen atoms in total. The van der Waals surface area contributed by atoms with Crippen molar-refractivity contribution in [2.24, 2.45) is 5.84 Å². The number of aryl methyl sites for hydroxylation is 1. The molecule has 0 aliphatic carbocycles. The Morgan fingerprint density at radius 1 is 1.53 bits per heavy atom. The highest BCUT2D eigenvalue weighted by Crippen LogP contribution is 2.17. The molecule has 0 aliphatic heterocycles. The van der Waals surface area contributed by atoms with Crippen LogP contribution in [-0.2, 0) is 6.54 Å². The van der Waals surface area contributed by atoms with Gasteiger partial charge >= 0.3 is 0 Å². The zero-order chi connectivity index (χ0) is 13.8. The molecule has 0 aliphatic rings. The average Bonchev–Trinajstić information content (AvgIpc) is 2.81. The summed E-state index contributed by atoms with van der Waals surface area (Å²) in [4.78, 5) is 16.1. The quantitative estimate of drug-likeness (QED) is 0.590. The second-order valence-electron chi connectivity index (χ2n) is 3.89. The Morgan fingerprint density at radius 3 is 2.95 bits per heavy atom. The summed E-state index contributed by atoms with van der Waals surface area (Å²) in [5, 5.41) is 2.74. The van der Waals surface area contributed by atoms with Crippen molar-refractivity contribution in [1.82, 2.24) is 10.3 Å². The van der Waals surface area contributed by atoms with E-state index in [-0.39, 0.29) is 5.91 Å². The number of aromatic nitrogens is 1. The SMILES string of the molecule is Cc1ccc(CNC(=O)c2cc(Br)cnc2NN)o1. The first-order valence-electron chi connectivity index (χ1n) is 5.56. The summed E-state index contributed by atoms with van der Waals surface area (Å²) in [7, 11) is 0. The topological polar surface area (TPSA) is 93.2 Å². The summed E-state index contributed by atoms with van der Waals surface area (Å²) in [6.45, 7) is 2.16. The van der Waals surface area contributed by atoms with Crippen LogP contribution in [0.25, 0.3) is 0 Å². The van der Waals surface area contributed by atoms with Gasteiger partial charge in [-0.2, -0.15) is 0 Å². The van der Waals surface area contributed by atoms with Crippen LogP contribution in [0.2, 0.25) is 0 Å². The zero-order valence-electron chi connectivity index (χ0n) is 10.2. The van der Waals surface area contributed by atoms with Crippen molar-refractivity contribution in [2.75, 3.05) is 5.43 Å². The number of pyridine rings is 1. The number of hydrazine groups is 1. The lowest BCUT2D eigenvalue weighted by Crippen LogP contribution is -2.25. The molecule has 0 saturated carbocycles. The van der Waals surface area contributed by atoms with Crippen molar-refractivity contribution in [1.29, 1.82) is 0 Å². The van der Waals surface area contributed by atoms with E-state index in [0.29, 0.717) is 28.2 Å². The molecule has 0 unspecified atom stereocenters. The van der Waals surface area contributed by atoms with E-state index < -0.39 is 0 Å². The number of nitrogens with one attached hydrogen (secondary N) is 2. The Balaban J connectivity index is 2.09. The highest BCUT2D eigenvalue weighted by molar-refractivity contribution is 9.10. The molecule has 0 spiro atoms. The largest absolute Gasteiger partial charge is 0.465 e. The number of furan rings is 1. The summed E-state index contributed by atoms with van der Waals surface area (Å²) in [5.41, 5.74) is 2.75. The monoisotopic (exact) mass is 324 g/mol. The minimum absolute atomic E-state index is 0.282. The van der Waals surface area contributed by atoms with Gasteiger partial charge < -0.3 is 15.2 Å². The highest BCUT2D eigenvalue weighted by Gasteiger charge is 2.13. The van der Waals surface area contributed by atoms with Gasteiger partial charge in [-0.25, -0.2) is 10.8 Å².